The molecule has 0 radical (unpaired) electrons. The molecule has 0 aliphatic rings. The van der Waals surface area contributed by atoms with Gasteiger partial charge in [-0.25, -0.2) is 9.97 Å². The molecule has 1 heterocycles. The van der Waals surface area contributed by atoms with Crippen molar-refractivity contribution in [2.75, 3.05) is 5.73 Å². The van der Waals surface area contributed by atoms with Gasteiger partial charge in [-0.15, -0.1) is 0 Å². The molecule has 20 heavy (non-hydrogen) atoms. The van der Waals surface area contributed by atoms with Crippen LogP contribution in [0.2, 0.25) is 0 Å². The highest BCUT2D eigenvalue weighted by molar-refractivity contribution is 6.00. The number of aromatic hydroxyl groups is 1. The van der Waals surface area contributed by atoms with E-state index in [2.05, 4.69) is 20.8 Å². The Labute approximate surface area is 113 Å². The molecule has 2 aromatic rings. The average molecular weight is 273 g/mol. The molecule has 0 atom stereocenters. The van der Waals surface area contributed by atoms with E-state index in [0.29, 0.717) is 0 Å². The van der Waals surface area contributed by atoms with E-state index >= 15 is 0 Å². The molecule has 102 valence electrons. The van der Waals surface area contributed by atoms with E-state index in [9.17, 15) is 9.59 Å². The fourth-order valence-electron chi connectivity index (χ4n) is 1.38. The summed E-state index contributed by atoms with van der Waals surface area (Å²) in [6.07, 6.45) is 2.66. The molecule has 0 fully saturated rings. The smallest absolute Gasteiger partial charge is 0.292 e. The number of hydrogen-bond acceptors (Lipinski definition) is 6. The van der Waals surface area contributed by atoms with Gasteiger partial charge in [0.2, 0.25) is 0 Å². The van der Waals surface area contributed by atoms with E-state index in [1.54, 1.807) is 0 Å². The number of benzene rings is 1. The lowest BCUT2D eigenvalue weighted by Gasteiger charge is -2.07. The van der Waals surface area contributed by atoms with Crippen molar-refractivity contribution in [1.82, 2.24) is 20.8 Å². The van der Waals surface area contributed by atoms with Crippen molar-refractivity contribution in [3.05, 3.63) is 47.9 Å². The highest BCUT2D eigenvalue weighted by atomic mass is 16.3. The van der Waals surface area contributed by atoms with Crippen LogP contribution in [0.15, 0.2) is 36.7 Å². The van der Waals surface area contributed by atoms with E-state index in [0.717, 1.165) is 0 Å². The first kappa shape index (κ1) is 13.3. The summed E-state index contributed by atoms with van der Waals surface area (Å²) in [5.41, 5.74) is 10.0. The van der Waals surface area contributed by atoms with E-state index in [1.807, 2.05) is 0 Å². The van der Waals surface area contributed by atoms with Crippen molar-refractivity contribution >= 4 is 17.6 Å². The van der Waals surface area contributed by atoms with Crippen LogP contribution in [0, 0.1) is 0 Å². The van der Waals surface area contributed by atoms with Crippen molar-refractivity contribution < 1.29 is 14.7 Å². The topological polar surface area (TPSA) is 130 Å². The van der Waals surface area contributed by atoms with Crippen LogP contribution in [-0.2, 0) is 0 Å². The number of aromatic nitrogens is 2. The van der Waals surface area contributed by atoms with Crippen molar-refractivity contribution in [3.63, 3.8) is 0 Å². The van der Waals surface area contributed by atoms with Gasteiger partial charge in [0, 0.05) is 18.0 Å². The van der Waals surface area contributed by atoms with E-state index in [4.69, 9.17) is 10.8 Å². The molecule has 2 amide bonds. The summed E-state index contributed by atoms with van der Waals surface area (Å²) in [6.45, 7) is 0. The number of phenols is 1. The molecule has 1 aromatic carbocycles. The van der Waals surface area contributed by atoms with Gasteiger partial charge >= 0.3 is 0 Å². The van der Waals surface area contributed by atoms with E-state index < -0.39 is 11.8 Å². The number of nitrogens with zero attached hydrogens (tertiary/aromatic N) is 2. The summed E-state index contributed by atoms with van der Waals surface area (Å²) in [5.74, 6) is -1.22. The maximum absolute atomic E-state index is 11.7. The predicted molar refractivity (Wildman–Crippen MR) is 69.5 cm³/mol. The number of carbonyl (C=O) groups excluding carboxylic acids is 2. The molecular weight excluding hydrogens is 262 g/mol. The van der Waals surface area contributed by atoms with Gasteiger partial charge in [-0.05, 0) is 24.3 Å². The van der Waals surface area contributed by atoms with Gasteiger partial charge in [0.05, 0.1) is 0 Å². The first-order valence-electron chi connectivity index (χ1n) is 5.54. The van der Waals surface area contributed by atoms with Crippen LogP contribution in [-0.4, -0.2) is 26.9 Å². The summed E-state index contributed by atoms with van der Waals surface area (Å²) in [5, 5.41) is 9.11. The number of carbonyl (C=O) groups is 2. The van der Waals surface area contributed by atoms with E-state index in [-0.39, 0.29) is 22.8 Å². The van der Waals surface area contributed by atoms with Crippen LogP contribution < -0.4 is 16.6 Å². The fourth-order valence-corrected chi connectivity index (χ4v) is 1.38. The van der Waals surface area contributed by atoms with Crippen molar-refractivity contribution in [3.8, 4) is 5.75 Å². The summed E-state index contributed by atoms with van der Waals surface area (Å²) in [7, 11) is 0. The van der Waals surface area contributed by atoms with Crippen LogP contribution in [0.5, 0.6) is 5.75 Å². The summed E-state index contributed by atoms with van der Waals surface area (Å²) in [4.78, 5) is 30.9. The Kier molecular flexibility index (Phi) is 3.75. The molecular formula is C12H11N5O3. The second-order valence-corrected chi connectivity index (χ2v) is 3.75. The third kappa shape index (κ3) is 2.99. The van der Waals surface area contributed by atoms with Crippen molar-refractivity contribution in [1.29, 1.82) is 0 Å². The van der Waals surface area contributed by atoms with Crippen LogP contribution >= 0.6 is 0 Å². The Morgan fingerprint density at radius 2 is 1.60 bits per heavy atom. The minimum atomic E-state index is -0.678. The van der Waals surface area contributed by atoms with Gasteiger partial charge in [0.1, 0.15) is 5.75 Å². The number of anilines is 1. The van der Waals surface area contributed by atoms with Gasteiger partial charge in [-0.1, -0.05) is 0 Å². The molecule has 0 unspecified atom stereocenters. The van der Waals surface area contributed by atoms with Crippen LogP contribution in [0.3, 0.4) is 0 Å². The SMILES string of the molecule is Nc1nccnc1C(=O)NNC(=O)c1ccc(O)cc1. The lowest BCUT2D eigenvalue weighted by atomic mass is 10.2. The van der Waals surface area contributed by atoms with Crippen molar-refractivity contribution in [2.24, 2.45) is 0 Å². The Bertz CT molecular complexity index is 642. The maximum Gasteiger partial charge on any atom is 0.292 e. The molecule has 8 heteroatoms. The number of nitrogens with two attached hydrogens (primary N) is 1. The molecule has 0 spiro atoms. The average Bonchev–Trinajstić information content (AvgIpc) is 2.45. The Morgan fingerprint density at radius 3 is 2.25 bits per heavy atom. The molecule has 0 aliphatic carbocycles. The number of rotatable bonds is 2. The zero-order valence-electron chi connectivity index (χ0n) is 10.2. The fraction of sp³-hybridized carbons (Fsp3) is 0. The van der Waals surface area contributed by atoms with Crippen molar-refractivity contribution in [2.45, 2.75) is 0 Å². The van der Waals surface area contributed by atoms with Gasteiger partial charge in [-0.2, -0.15) is 0 Å². The molecule has 0 aliphatic heterocycles. The number of amides is 2. The van der Waals surface area contributed by atoms with Gasteiger partial charge in [0.15, 0.2) is 11.5 Å². The van der Waals surface area contributed by atoms with E-state index in [1.165, 1.54) is 36.7 Å². The summed E-state index contributed by atoms with van der Waals surface area (Å²) in [6, 6.07) is 5.54. The zero-order chi connectivity index (χ0) is 14.5. The highest BCUT2D eigenvalue weighted by Gasteiger charge is 2.13. The monoisotopic (exact) mass is 273 g/mol. The van der Waals surface area contributed by atoms with Gasteiger partial charge < -0.3 is 10.8 Å². The normalized spacial score (nSPS) is 9.80. The second kappa shape index (κ2) is 5.65. The molecule has 0 saturated heterocycles. The number of hydrazine groups is 1. The van der Waals surface area contributed by atoms with Crippen LogP contribution in [0.4, 0.5) is 5.82 Å². The van der Waals surface area contributed by atoms with Gasteiger partial charge in [0.25, 0.3) is 11.8 Å². The number of nitrogens with one attached hydrogen (secondary N) is 2. The Morgan fingerprint density at radius 1 is 1.00 bits per heavy atom. The summed E-state index contributed by atoms with van der Waals surface area (Å²) >= 11 is 0. The lowest BCUT2D eigenvalue weighted by molar-refractivity contribution is 0.0844. The molecule has 5 N–H and O–H groups in total. The zero-order valence-corrected chi connectivity index (χ0v) is 10.2. The quantitative estimate of drug-likeness (QED) is 0.562. The molecule has 0 bridgehead atoms. The number of nitrogen functional groups attached to an aromatic ring is 1. The largest absolute Gasteiger partial charge is 0.508 e. The number of phenolic OH excluding ortho intramolecular Hbond substituents is 1. The minimum absolute atomic E-state index is 0.0381. The molecule has 2 rings (SSSR count). The maximum atomic E-state index is 11.7. The number of hydrogen-bond donors (Lipinski definition) is 4. The molecule has 8 nitrogen and oxygen atoms in total. The third-order valence-corrected chi connectivity index (χ3v) is 2.36. The Balaban J connectivity index is 1.99. The first-order valence-corrected chi connectivity index (χ1v) is 5.54. The van der Waals surface area contributed by atoms with Crippen LogP contribution in [0.25, 0.3) is 0 Å². The Hall–Kier alpha value is -3.16. The van der Waals surface area contributed by atoms with Gasteiger partial charge in [-0.3, -0.25) is 20.4 Å². The molecule has 0 saturated carbocycles. The third-order valence-electron chi connectivity index (χ3n) is 2.36. The summed E-state index contributed by atoms with van der Waals surface area (Å²) < 4.78 is 0. The lowest BCUT2D eigenvalue weighted by Crippen LogP contribution is -2.42. The highest BCUT2D eigenvalue weighted by Crippen LogP contribution is 2.09. The standard InChI is InChI=1S/C12H11N5O3/c13-10-9(14-5-6-15-10)12(20)17-16-11(19)7-1-3-8(18)4-2-7/h1-6,18H,(H2,13,15)(H,16,19)(H,17,20). The minimum Gasteiger partial charge on any atom is -0.508 e. The molecule has 1 aromatic heterocycles. The second-order valence-electron chi connectivity index (χ2n) is 3.75. The predicted octanol–water partition coefficient (Wildman–Crippen LogP) is -0.161. The van der Waals surface area contributed by atoms with Crippen LogP contribution in [0.1, 0.15) is 20.8 Å². The first-order chi connectivity index (χ1) is 9.58.